The zero-order valence-corrected chi connectivity index (χ0v) is 14.5. The molecule has 1 aliphatic heterocycles. The van der Waals surface area contributed by atoms with E-state index in [9.17, 15) is 14.4 Å². The number of carbonyl (C=O) groups is 3. The molecule has 26 heavy (non-hydrogen) atoms. The van der Waals surface area contributed by atoms with Crippen LogP contribution in [0.1, 0.15) is 35.0 Å². The monoisotopic (exact) mass is 356 g/mol. The normalized spacial score (nSPS) is 13.0. The summed E-state index contributed by atoms with van der Waals surface area (Å²) in [5.41, 5.74) is 2.41. The van der Waals surface area contributed by atoms with Gasteiger partial charge in [0.2, 0.25) is 5.91 Å². The van der Waals surface area contributed by atoms with Gasteiger partial charge in [-0.15, -0.1) is 0 Å². The molecule has 3 rings (SSSR count). The first-order valence-corrected chi connectivity index (χ1v) is 8.47. The van der Waals surface area contributed by atoms with Crippen LogP contribution in [-0.4, -0.2) is 40.9 Å². The number of carbonyl (C=O) groups excluding carboxylic acids is 2. The number of hydrogen-bond acceptors (Lipinski definition) is 4. The summed E-state index contributed by atoms with van der Waals surface area (Å²) in [5.74, 6) is -1.21. The minimum atomic E-state index is -0.963. The fourth-order valence-electron chi connectivity index (χ4n) is 3.09. The second kappa shape index (κ2) is 7.43. The quantitative estimate of drug-likeness (QED) is 0.822. The zero-order valence-electron chi connectivity index (χ0n) is 14.5. The van der Waals surface area contributed by atoms with Crippen LogP contribution >= 0.6 is 0 Å². The first kappa shape index (κ1) is 17.7. The number of fused-ring (bicyclic) bond motifs is 1. The minimum Gasteiger partial charge on any atom is -0.481 e. The molecule has 0 fully saturated rings. The highest BCUT2D eigenvalue weighted by Crippen LogP contribution is 2.30. The maximum Gasteiger partial charge on any atom is 0.305 e. The van der Waals surface area contributed by atoms with E-state index in [1.807, 2.05) is 24.3 Å². The molecule has 136 valence electrons. The van der Waals surface area contributed by atoms with Gasteiger partial charge >= 0.3 is 5.97 Å². The minimum absolute atomic E-state index is 0.0241. The molecule has 0 radical (unpaired) electrons. The first-order valence-electron chi connectivity index (χ1n) is 8.47. The van der Waals surface area contributed by atoms with E-state index in [0.29, 0.717) is 18.5 Å². The molecule has 0 bridgehead atoms. The fraction of sp³-hybridized carbons (Fsp3) is 0.316. The van der Waals surface area contributed by atoms with Crippen LogP contribution in [0, 0.1) is 0 Å². The Kier molecular flexibility index (Phi) is 5.06. The Balaban J connectivity index is 1.79. The number of anilines is 1. The molecule has 2 aromatic rings. The summed E-state index contributed by atoms with van der Waals surface area (Å²) in [4.78, 5) is 38.9. The van der Waals surface area contributed by atoms with Crippen molar-refractivity contribution in [1.29, 1.82) is 0 Å². The number of para-hydroxylation sites is 1. The molecule has 1 aromatic carbocycles. The summed E-state index contributed by atoms with van der Waals surface area (Å²) in [6.07, 6.45) is 1.63. The van der Waals surface area contributed by atoms with Gasteiger partial charge in [0.15, 0.2) is 5.76 Å². The van der Waals surface area contributed by atoms with E-state index < -0.39 is 5.97 Å². The van der Waals surface area contributed by atoms with Gasteiger partial charge in [-0.3, -0.25) is 14.4 Å². The number of aliphatic carboxylic acids is 1. The molecule has 1 aliphatic rings. The van der Waals surface area contributed by atoms with Gasteiger partial charge in [0.05, 0.1) is 25.6 Å². The van der Waals surface area contributed by atoms with Crippen LogP contribution in [0.15, 0.2) is 41.0 Å². The maximum atomic E-state index is 12.7. The van der Waals surface area contributed by atoms with Crippen LogP contribution in [0.25, 0.3) is 0 Å². The summed E-state index contributed by atoms with van der Waals surface area (Å²) >= 11 is 0. The Bertz CT molecular complexity index is 842. The van der Waals surface area contributed by atoms with Gasteiger partial charge in [0, 0.05) is 24.3 Å². The van der Waals surface area contributed by atoms with Gasteiger partial charge < -0.3 is 19.3 Å². The lowest BCUT2D eigenvalue weighted by molar-refractivity contribution is -0.137. The number of hydrogen-bond donors (Lipinski definition) is 1. The van der Waals surface area contributed by atoms with Crippen molar-refractivity contribution in [3.8, 4) is 0 Å². The van der Waals surface area contributed by atoms with Crippen molar-refractivity contribution < 1.29 is 23.9 Å². The average molecular weight is 356 g/mol. The van der Waals surface area contributed by atoms with Gasteiger partial charge in [-0.25, -0.2) is 0 Å². The van der Waals surface area contributed by atoms with Crippen LogP contribution in [0.2, 0.25) is 0 Å². The van der Waals surface area contributed by atoms with Gasteiger partial charge in [0.1, 0.15) is 0 Å². The molecule has 0 saturated heterocycles. The highest BCUT2D eigenvalue weighted by atomic mass is 16.4. The van der Waals surface area contributed by atoms with Crippen LogP contribution < -0.4 is 4.90 Å². The SMILES string of the molecule is CCN(CCC(=O)O)C(=O)c1occc1CN1C(=O)Cc2ccccc21. The highest BCUT2D eigenvalue weighted by Gasteiger charge is 2.29. The van der Waals surface area contributed by atoms with Crippen molar-refractivity contribution in [3.05, 3.63) is 53.5 Å². The summed E-state index contributed by atoms with van der Waals surface area (Å²) in [7, 11) is 0. The van der Waals surface area contributed by atoms with Crippen LogP contribution in [-0.2, 0) is 22.6 Å². The molecule has 0 atom stereocenters. The van der Waals surface area contributed by atoms with Crippen molar-refractivity contribution in [3.63, 3.8) is 0 Å². The van der Waals surface area contributed by atoms with Crippen molar-refractivity contribution in [1.82, 2.24) is 4.90 Å². The van der Waals surface area contributed by atoms with Gasteiger partial charge in [0.25, 0.3) is 5.91 Å². The number of benzene rings is 1. The molecular formula is C19H20N2O5. The Hall–Kier alpha value is -3.09. The number of furan rings is 1. The number of carboxylic acid groups (broad SMARTS) is 1. The largest absolute Gasteiger partial charge is 0.481 e. The summed E-state index contributed by atoms with van der Waals surface area (Å²) in [6, 6.07) is 9.24. The zero-order chi connectivity index (χ0) is 18.7. The van der Waals surface area contributed by atoms with E-state index in [1.165, 1.54) is 11.2 Å². The van der Waals surface area contributed by atoms with E-state index in [1.54, 1.807) is 17.9 Å². The van der Waals surface area contributed by atoms with E-state index in [2.05, 4.69) is 0 Å². The number of rotatable bonds is 7. The van der Waals surface area contributed by atoms with Gasteiger partial charge in [-0.1, -0.05) is 18.2 Å². The molecule has 7 heteroatoms. The molecule has 0 saturated carbocycles. The Morgan fingerprint density at radius 2 is 2.04 bits per heavy atom. The van der Waals surface area contributed by atoms with Crippen molar-refractivity contribution in [2.24, 2.45) is 0 Å². The number of carboxylic acids is 1. The standard InChI is InChI=1S/C19H20N2O5/c1-2-20(9-7-17(23)24)19(25)18-14(8-10-26-18)12-21-15-6-4-3-5-13(15)11-16(21)22/h3-6,8,10H,2,7,9,11-12H2,1H3,(H,23,24). The van der Waals surface area contributed by atoms with Crippen molar-refractivity contribution in [2.75, 3.05) is 18.0 Å². The topological polar surface area (TPSA) is 91.1 Å². The lowest BCUT2D eigenvalue weighted by Crippen LogP contribution is -2.34. The molecule has 0 aliphatic carbocycles. The van der Waals surface area contributed by atoms with E-state index in [4.69, 9.17) is 9.52 Å². The predicted octanol–water partition coefficient (Wildman–Crippen LogP) is 2.31. The lowest BCUT2D eigenvalue weighted by Gasteiger charge is -2.21. The summed E-state index contributed by atoms with van der Waals surface area (Å²) in [6.45, 7) is 2.50. The van der Waals surface area contributed by atoms with E-state index >= 15 is 0 Å². The van der Waals surface area contributed by atoms with Crippen LogP contribution in [0.3, 0.4) is 0 Å². The maximum absolute atomic E-state index is 12.7. The smallest absolute Gasteiger partial charge is 0.305 e. The lowest BCUT2D eigenvalue weighted by atomic mass is 10.1. The molecule has 0 spiro atoms. The van der Waals surface area contributed by atoms with E-state index in [-0.39, 0.29) is 37.1 Å². The third-order valence-electron chi connectivity index (χ3n) is 4.46. The Morgan fingerprint density at radius 3 is 2.77 bits per heavy atom. The van der Waals surface area contributed by atoms with Gasteiger partial charge in [-0.05, 0) is 24.6 Å². The van der Waals surface area contributed by atoms with Crippen LogP contribution in [0.4, 0.5) is 5.69 Å². The third-order valence-corrected chi connectivity index (χ3v) is 4.46. The molecular weight excluding hydrogens is 336 g/mol. The summed E-state index contributed by atoms with van der Waals surface area (Å²) in [5, 5.41) is 8.83. The van der Waals surface area contributed by atoms with Crippen molar-refractivity contribution in [2.45, 2.75) is 26.3 Å². The highest BCUT2D eigenvalue weighted by molar-refractivity contribution is 6.01. The second-order valence-corrected chi connectivity index (χ2v) is 6.09. The first-order chi connectivity index (χ1) is 12.5. The molecule has 2 amide bonds. The second-order valence-electron chi connectivity index (χ2n) is 6.09. The van der Waals surface area contributed by atoms with Crippen molar-refractivity contribution >= 4 is 23.5 Å². The molecule has 1 N–H and O–H groups in total. The van der Waals surface area contributed by atoms with Crippen LogP contribution in [0.5, 0.6) is 0 Å². The molecule has 1 aromatic heterocycles. The van der Waals surface area contributed by atoms with Gasteiger partial charge in [-0.2, -0.15) is 0 Å². The number of nitrogens with zero attached hydrogens (tertiary/aromatic N) is 2. The summed E-state index contributed by atoms with van der Waals surface area (Å²) < 4.78 is 5.37. The number of amides is 2. The average Bonchev–Trinajstić information content (AvgIpc) is 3.20. The molecule has 7 nitrogen and oxygen atoms in total. The fourth-order valence-corrected chi connectivity index (χ4v) is 3.09. The van der Waals surface area contributed by atoms with E-state index in [0.717, 1.165) is 11.3 Å². The third kappa shape index (κ3) is 3.46. The molecule has 2 heterocycles. The molecule has 0 unspecified atom stereocenters. The predicted molar refractivity (Wildman–Crippen MR) is 93.9 cm³/mol. The Morgan fingerprint density at radius 1 is 1.27 bits per heavy atom. The Labute approximate surface area is 150 Å².